The second kappa shape index (κ2) is 7.29. The van der Waals surface area contributed by atoms with Crippen LogP contribution in [-0.2, 0) is 21.2 Å². The maximum atomic E-state index is 14.0. The Morgan fingerprint density at radius 1 is 0.969 bits per heavy atom. The minimum Gasteiger partial charge on any atom is -0.299 e. The number of hydrogen-bond donors (Lipinski definition) is 0. The molecule has 0 spiro atoms. The summed E-state index contributed by atoms with van der Waals surface area (Å²) in [5.74, 6) is 0.432. The first kappa shape index (κ1) is 20.2. The number of benzene rings is 2. The average Bonchev–Trinajstić information content (AvgIpc) is 3.15. The monoisotopic (exact) mass is 448 g/mol. The molecule has 3 aromatic rings. The van der Waals surface area contributed by atoms with Crippen molar-refractivity contribution < 1.29 is 13.2 Å². The van der Waals surface area contributed by atoms with Crippen molar-refractivity contribution in [3.8, 4) is 0 Å². The third kappa shape index (κ3) is 2.85. The molecule has 1 aliphatic carbocycles. The molecule has 2 fully saturated rings. The van der Waals surface area contributed by atoms with Crippen molar-refractivity contribution in [2.45, 2.75) is 62.4 Å². The van der Waals surface area contributed by atoms with Gasteiger partial charge in [0.25, 0.3) is 10.0 Å². The zero-order valence-corrected chi connectivity index (χ0v) is 19.1. The first-order chi connectivity index (χ1) is 15.5. The lowest BCUT2D eigenvalue weighted by Crippen LogP contribution is -2.54. The smallest absolute Gasteiger partial charge is 0.268 e. The second-order valence-corrected chi connectivity index (χ2v) is 11.4. The zero-order valence-electron chi connectivity index (χ0n) is 18.3. The molecule has 2 aromatic carbocycles. The Morgan fingerprint density at radius 2 is 1.72 bits per heavy atom. The molecular weight excluding hydrogens is 420 g/mol. The van der Waals surface area contributed by atoms with Crippen molar-refractivity contribution in [2.24, 2.45) is 5.92 Å². The van der Waals surface area contributed by atoms with E-state index in [1.165, 1.54) is 0 Å². The van der Waals surface area contributed by atoms with Crippen LogP contribution in [0.1, 0.15) is 55.0 Å². The van der Waals surface area contributed by atoms with Crippen LogP contribution < -0.4 is 0 Å². The minimum absolute atomic E-state index is 0.119. The fourth-order valence-corrected chi connectivity index (χ4v) is 7.96. The van der Waals surface area contributed by atoms with Crippen LogP contribution in [0.3, 0.4) is 0 Å². The number of para-hydroxylation sites is 1. The van der Waals surface area contributed by atoms with Gasteiger partial charge in [0.05, 0.1) is 22.1 Å². The van der Waals surface area contributed by atoms with Crippen molar-refractivity contribution >= 4 is 26.7 Å². The largest absolute Gasteiger partial charge is 0.299 e. The van der Waals surface area contributed by atoms with Crippen molar-refractivity contribution in [3.05, 3.63) is 65.4 Å². The molecule has 0 N–H and O–H groups in total. The lowest BCUT2D eigenvalue weighted by Gasteiger charge is -2.49. The Kier molecular flexibility index (Phi) is 4.60. The second-order valence-electron chi connectivity index (χ2n) is 9.60. The van der Waals surface area contributed by atoms with Gasteiger partial charge in [-0.25, -0.2) is 12.4 Å². The van der Waals surface area contributed by atoms with E-state index in [-0.39, 0.29) is 18.0 Å². The molecule has 6 heteroatoms. The van der Waals surface area contributed by atoms with E-state index in [4.69, 9.17) is 0 Å². The number of carbonyl (C=O) groups is 1. The van der Waals surface area contributed by atoms with Gasteiger partial charge in [-0.2, -0.15) is 0 Å². The summed E-state index contributed by atoms with van der Waals surface area (Å²) < 4.78 is 29.5. The number of nitrogens with zero attached hydrogens (tertiary/aromatic N) is 2. The van der Waals surface area contributed by atoms with Crippen molar-refractivity contribution in [3.63, 3.8) is 0 Å². The van der Waals surface area contributed by atoms with Gasteiger partial charge in [0.15, 0.2) is 0 Å². The summed E-state index contributed by atoms with van der Waals surface area (Å²) in [6, 6.07) is 14.9. The lowest BCUT2D eigenvalue weighted by molar-refractivity contribution is -0.134. The molecule has 5 nitrogen and oxygen atoms in total. The number of carbonyl (C=O) groups excluding carboxylic acids is 1. The minimum atomic E-state index is -3.80. The molecule has 6 rings (SSSR count). The molecule has 0 bridgehead atoms. The van der Waals surface area contributed by atoms with Crippen LogP contribution in [-0.4, -0.2) is 35.7 Å². The summed E-state index contributed by atoms with van der Waals surface area (Å²) in [7, 11) is -3.80. The molecule has 1 saturated carbocycles. The fourth-order valence-electron chi connectivity index (χ4n) is 6.36. The molecule has 32 heavy (non-hydrogen) atoms. The summed E-state index contributed by atoms with van der Waals surface area (Å²) >= 11 is 0. The predicted octanol–water partition coefficient (Wildman–Crippen LogP) is 4.62. The normalized spacial score (nSPS) is 25.9. The van der Waals surface area contributed by atoms with E-state index in [0.717, 1.165) is 66.4 Å². The van der Waals surface area contributed by atoms with Gasteiger partial charge in [0.2, 0.25) is 0 Å². The van der Waals surface area contributed by atoms with Crippen LogP contribution in [0, 0.1) is 12.8 Å². The van der Waals surface area contributed by atoms with Crippen LogP contribution in [0.15, 0.2) is 53.4 Å². The number of ketones is 1. The summed E-state index contributed by atoms with van der Waals surface area (Å²) in [4.78, 5) is 16.0. The summed E-state index contributed by atoms with van der Waals surface area (Å²) in [6.45, 7) is 2.85. The Balaban J connectivity index is 1.58. The Hall–Kier alpha value is -2.44. The highest BCUT2D eigenvalue weighted by Gasteiger charge is 2.48. The Labute approximate surface area is 189 Å². The summed E-state index contributed by atoms with van der Waals surface area (Å²) in [6.07, 6.45) is 5.51. The van der Waals surface area contributed by atoms with E-state index < -0.39 is 10.0 Å². The average molecular weight is 449 g/mol. The summed E-state index contributed by atoms with van der Waals surface area (Å²) in [5, 5.41) is 0.996. The van der Waals surface area contributed by atoms with Gasteiger partial charge in [-0.1, -0.05) is 48.7 Å². The standard InChI is InChI=1S/C26H28N2O3S/c1-17-10-12-18(13-11-17)32(30,31)28-23-9-5-2-6-19(23)20-14-15-27-22-8-4-3-7-21(22)25(29)16-24(27)26(20)28/h2,5-6,9-13,21-22,24H,3-4,7-8,14-16H2,1H3/t21-,22+,24-/m1/s1. The van der Waals surface area contributed by atoms with E-state index in [1.807, 2.05) is 43.3 Å². The van der Waals surface area contributed by atoms with Crippen molar-refractivity contribution in [1.82, 2.24) is 8.87 Å². The molecule has 166 valence electrons. The van der Waals surface area contributed by atoms with Gasteiger partial charge in [-0.05, 0) is 49.9 Å². The van der Waals surface area contributed by atoms with Crippen molar-refractivity contribution in [2.75, 3.05) is 6.54 Å². The topological polar surface area (TPSA) is 59.4 Å². The number of rotatable bonds is 2. The maximum absolute atomic E-state index is 14.0. The predicted molar refractivity (Wildman–Crippen MR) is 124 cm³/mol. The number of aromatic nitrogens is 1. The highest BCUT2D eigenvalue weighted by molar-refractivity contribution is 7.90. The molecule has 0 unspecified atom stereocenters. The lowest BCUT2D eigenvalue weighted by atomic mass is 9.73. The first-order valence-electron chi connectivity index (χ1n) is 11.7. The van der Waals surface area contributed by atoms with E-state index in [1.54, 1.807) is 16.1 Å². The number of piperidine rings is 1. The van der Waals surface area contributed by atoms with Crippen LogP contribution in [0.4, 0.5) is 0 Å². The molecular formula is C26H28N2O3S. The highest BCUT2D eigenvalue weighted by atomic mass is 32.2. The van der Waals surface area contributed by atoms with Crippen LogP contribution in [0.5, 0.6) is 0 Å². The summed E-state index contributed by atoms with van der Waals surface area (Å²) in [5.41, 5.74) is 3.66. The zero-order chi connectivity index (χ0) is 22.0. The Bertz CT molecular complexity index is 1320. The van der Waals surface area contributed by atoms with Crippen LogP contribution in [0.2, 0.25) is 0 Å². The third-order valence-electron chi connectivity index (χ3n) is 7.83. The first-order valence-corrected chi connectivity index (χ1v) is 13.1. The van der Waals surface area contributed by atoms with Gasteiger partial charge in [0.1, 0.15) is 5.78 Å². The van der Waals surface area contributed by atoms with Crippen LogP contribution >= 0.6 is 0 Å². The number of fused-ring (bicyclic) bond motifs is 7. The van der Waals surface area contributed by atoms with Crippen molar-refractivity contribution in [1.29, 1.82) is 0 Å². The number of aryl methyl sites for hydroxylation is 1. The third-order valence-corrected chi connectivity index (χ3v) is 9.58. The molecule has 1 saturated heterocycles. The molecule has 3 heterocycles. The fraction of sp³-hybridized carbons (Fsp3) is 0.423. The van der Waals surface area contributed by atoms with E-state index in [0.29, 0.717) is 17.1 Å². The van der Waals surface area contributed by atoms with Gasteiger partial charge in [-0.15, -0.1) is 0 Å². The molecule has 3 atom stereocenters. The maximum Gasteiger partial charge on any atom is 0.268 e. The molecule has 0 radical (unpaired) electrons. The Morgan fingerprint density at radius 3 is 2.53 bits per heavy atom. The van der Waals surface area contributed by atoms with E-state index in [9.17, 15) is 13.2 Å². The molecule has 1 aromatic heterocycles. The molecule has 3 aliphatic rings. The highest BCUT2D eigenvalue weighted by Crippen LogP contribution is 2.47. The van der Waals surface area contributed by atoms with E-state index in [2.05, 4.69) is 4.90 Å². The van der Waals surface area contributed by atoms with Crippen LogP contribution in [0.25, 0.3) is 10.9 Å². The van der Waals surface area contributed by atoms with Gasteiger partial charge in [0, 0.05) is 30.3 Å². The van der Waals surface area contributed by atoms with Gasteiger partial charge < -0.3 is 0 Å². The van der Waals surface area contributed by atoms with E-state index >= 15 is 0 Å². The molecule has 0 amide bonds. The number of Topliss-reactive ketones (excluding diaryl/α,β-unsaturated/α-hetero) is 1. The van der Waals surface area contributed by atoms with Gasteiger partial charge in [-0.3, -0.25) is 9.69 Å². The quantitative estimate of drug-likeness (QED) is 0.574. The van der Waals surface area contributed by atoms with Gasteiger partial charge >= 0.3 is 0 Å². The SMILES string of the molecule is Cc1ccc(S(=O)(=O)n2c3c(c4ccccc42)CCN2[C@@H]3CC(=O)[C@@H]3CCCC[C@@H]32)cc1. The number of hydrogen-bond acceptors (Lipinski definition) is 4. The molecule has 2 aliphatic heterocycles.